The van der Waals surface area contributed by atoms with Gasteiger partial charge >= 0.3 is 0 Å². The van der Waals surface area contributed by atoms with E-state index in [1.54, 1.807) is 45.8 Å². The van der Waals surface area contributed by atoms with Gasteiger partial charge in [0.05, 0.1) is 12.8 Å². The van der Waals surface area contributed by atoms with E-state index >= 15 is 0 Å². The number of amides is 1. The van der Waals surface area contributed by atoms with Crippen molar-refractivity contribution < 1.29 is 13.9 Å². The van der Waals surface area contributed by atoms with Gasteiger partial charge in [-0.1, -0.05) is 71.9 Å². The van der Waals surface area contributed by atoms with Crippen LogP contribution in [0.2, 0.25) is 5.02 Å². The van der Waals surface area contributed by atoms with Crippen molar-refractivity contribution in [2.45, 2.75) is 30.4 Å². The van der Waals surface area contributed by atoms with E-state index in [1.807, 2.05) is 61.8 Å². The summed E-state index contributed by atoms with van der Waals surface area (Å²) in [4.78, 5) is 33.0. The number of carbonyl (C=O) groups excluding carboxylic acids is 1. The van der Waals surface area contributed by atoms with Crippen LogP contribution in [0, 0.1) is 5.82 Å². The fraction of sp³-hybridized carbons (Fsp3) is 0.235. The lowest BCUT2D eigenvalue weighted by atomic mass is 10.0. The van der Waals surface area contributed by atoms with E-state index in [4.69, 9.17) is 16.3 Å². The van der Waals surface area contributed by atoms with Crippen molar-refractivity contribution in [3.8, 4) is 11.1 Å². The van der Waals surface area contributed by atoms with Crippen LogP contribution in [0.15, 0.2) is 101 Å². The number of aromatic nitrogens is 4. The number of carbonyl (C=O) groups is 1. The largest absolute Gasteiger partial charge is 0.383 e. The third-order valence-corrected chi connectivity index (χ3v) is 8.51. The molecule has 11 heteroatoms. The van der Waals surface area contributed by atoms with E-state index in [1.165, 1.54) is 23.9 Å². The molecule has 0 atom stereocenters. The van der Waals surface area contributed by atoms with E-state index in [9.17, 15) is 14.0 Å². The Bertz CT molecular complexity index is 1790. The van der Waals surface area contributed by atoms with Crippen LogP contribution in [0.1, 0.15) is 22.3 Å². The van der Waals surface area contributed by atoms with Gasteiger partial charge in [0.15, 0.2) is 5.16 Å². The molecule has 5 aromatic rings. The standard InChI is InChI=1S/C34H33ClFN5O3S/c1-39-19-26(18-37-39)17-29-21-41(34(38-33(29)43)45-23-25-5-13-31(36)14-6-25)22-32(42)40(15-16-44-2)20-24-3-7-27(8-4-24)28-9-11-30(35)12-10-28/h3-14,18-19,21H,15-17,20,22-23H2,1-2H3. The Kier molecular flexibility index (Phi) is 10.8. The molecule has 2 heterocycles. The number of thioether (sulfide) groups is 1. The molecule has 0 aliphatic rings. The van der Waals surface area contributed by atoms with Gasteiger partial charge in [0.2, 0.25) is 5.91 Å². The smallest absolute Gasteiger partial charge is 0.277 e. The molecule has 0 spiro atoms. The van der Waals surface area contributed by atoms with E-state index in [2.05, 4.69) is 10.1 Å². The molecule has 0 saturated carbocycles. The molecule has 8 nitrogen and oxygen atoms in total. The third-order valence-electron chi connectivity index (χ3n) is 7.19. The number of rotatable bonds is 13. The van der Waals surface area contributed by atoms with Gasteiger partial charge < -0.3 is 14.2 Å². The highest BCUT2D eigenvalue weighted by molar-refractivity contribution is 7.98. The van der Waals surface area contributed by atoms with Gasteiger partial charge in [0.1, 0.15) is 12.4 Å². The summed E-state index contributed by atoms with van der Waals surface area (Å²) in [6.07, 6.45) is 5.60. The van der Waals surface area contributed by atoms with E-state index in [0.29, 0.717) is 47.6 Å². The summed E-state index contributed by atoms with van der Waals surface area (Å²) in [7, 11) is 3.41. The molecule has 0 saturated heterocycles. The highest BCUT2D eigenvalue weighted by Crippen LogP contribution is 2.24. The SMILES string of the molecule is COCCN(Cc1ccc(-c2ccc(Cl)cc2)cc1)C(=O)Cn1cc(Cc2cnn(C)c2)c(=O)nc1SCc1ccc(F)cc1. The lowest BCUT2D eigenvalue weighted by molar-refractivity contribution is -0.133. The maximum Gasteiger partial charge on any atom is 0.277 e. The minimum absolute atomic E-state index is 0.0222. The average Bonchev–Trinajstić information content (AvgIpc) is 3.45. The Morgan fingerprint density at radius 3 is 2.27 bits per heavy atom. The Morgan fingerprint density at radius 1 is 0.956 bits per heavy atom. The molecule has 0 aliphatic carbocycles. The Labute approximate surface area is 270 Å². The minimum atomic E-state index is -0.360. The molecule has 3 aromatic carbocycles. The number of ether oxygens (including phenoxy) is 1. The molecule has 0 unspecified atom stereocenters. The van der Waals surface area contributed by atoms with Crippen LogP contribution >= 0.6 is 23.4 Å². The Hall–Kier alpha value is -4.25. The predicted octanol–water partition coefficient (Wildman–Crippen LogP) is 5.99. The molecule has 0 aliphatic heterocycles. The summed E-state index contributed by atoms with van der Waals surface area (Å²) in [6.45, 7) is 1.13. The van der Waals surface area contributed by atoms with Crippen LogP contribution in [0.5, 0.6) is 0 Å². The maximum absolute atomic E-state index is 13.8. The van der Waals surface area contributed by atoms with Crippen molar-refractivity contribution in [3.63, 3.8) is 0 Å². The third kappa shape index (κ3) is 8.91. The summed E-state index contributed by atoms with van der Waals surface area (Å²) >= 11 is 7.36. The van der Waals surface area contributed by atoms with Gasteiger partial charge in [0, 0.05) is 62.4 Å². The maximum atomic E-state index is 13.8. The zero-order chi connectivity index (χ0) is 31.8. The molecule has 0 N–H and O–H groups in total. The molecular formula is C34H33ClFN5O3S. The molecule has 2 aromatic heterocycles. The van der Waals surface area contributed by atoms with Crippen LogP contribution < -0.4 is 5.56 Å². The normalized spacial score (nSPS) is 11.1. The van der Waals surface area contributed by atoms with Crippen molar-refractivity contribution in [2.24, 2.45) is 7.05 Å². The molecule has 45 heavy (non-hydrogen) atoms. The second-order valence-corrected chi connectivity index (χ2v) is 12.0. The van der Waals surface area contributed by atoms with Crippen LogP contribution in [0.4, 0.5) is 4.39 Å². The number of benzene rings is 3. The number of nitrogens with zero attached hydrogens (tertiary/aromatic N) is 5. The van der Waals surface area contributed by atoms with Crippen molar-refractivity contribution in [1.29, 1.82) is 0 Å². The number of methoxy groups -OCH3 is 1. The van der Waals surface area contributed by atoms with Crippen LogP contribution in [0.25, 0.3) is 11.1 Å². The lowest BCUT2D eigenvalue weighted by Crippen LogP contribution is -2.36. The quantitative estimate of drug-likeness (QED) is 0.116. The van der Waals surface area contributed by atoms with E-state index in [0.717, 1.165) is 27.8 Å². The summed E-state index contributed by atoms with van der Waals surface area (Å²) in [5.41, 5.74) is 4.91. The highest BCUT2D eigenvalue weighted by Gasteiger charge is 2.19. The lowest BCUT2D eigenvalue weighted by Gasteiger charge is -2.24. The van der Waals surface area contributed by atoms with Crippen molar-refractivity contribution in [2.75, 3.05) is 20.3 Å². The van der Waals surface area contributed by atoms with Crippen molar-refractivity contribution in [3.05, 3.63) is 135 Å². The fourth-order valence-electron chi connectivity index (χ4n) is 4.79. The summed E-state index contributed by atoms with van der Waals surface area (Å²) in [6, 6.07) is 21.9. The zero-order valence-corrected chi connectivity index (χ0v) is 26.6. The zero-order valence-electron chi connectivity index (χ0n) is 25.0. The molecule has 0 fully saturated rings. The van der Waals surface area contributed by atoms with Crippen molar-refractivity contribution in [1.82, 2.24) is 24.2 Å². The van der Waals surface area contributed by atoms with Gasteiger partial charge in [0.25, 0.3) is 5.56 Å². The summed E-state index contributed by atoms with van der Waals surface area (Å²) in [5.74, 6) is -0.00825. The average molecular weight is 646 g/mol. The Balaban J connectivity index is 1.38. The summed E-state index contributed by atoms with van der Waals surface area (Å²) < 4.78 is 22.2. The first-order valence-electron chi connectivity index (χ1n) is 14.3. The topological polar surface area (TPSA) is 82.2 Å². The molecule has 232 valence electrons. The predicted molar refractivity (Wildman–Crippen MR) is 175 cm³/mol. The monoisotopic (exact) mass is 645 g/mol. The van der Waals surface area contributed by atoms with Crippen LogP contribution in [0.3, 0.4) is 0 Å². The molecular weight excluding hydrogens is 613 g/mol. The van der Waals surface area contributed by atoms with Gasteiger partial charge in [-0.25, -0.2) is 4.39 Å². The second kappa shape index (κ2) is 15.2. The van der Waals surface area contributed by atoms with Crippen LogP contribution in [-0.2, 0) is 41.8 Å². The number of aryl methyl sites for hydroxylation is 1. The van der Waals surface area contributed by atoms with Crippen molar-refractivity contribution >= 4 is 29.3 Å². The first kappa shape index (κ1) is 32.2. The molecule has 1 amide bonds. The van der Waals surface area contributed by atoms with Gasteiger partial charge in [-0.2, -0.15) is 10.1 Å². The fourth-order valence-corrected chi connectivity index (χ4v) is 5.83. The molecule has 5 rings (SSSR count). The highest BCUT2D eigenvalue weighted by atomic mass is 35.5. The second-order valence-electron chi connectivity index (χ2n) is 10.6. The molecule has 0 radical (unpaired) electrons. The first-order valence-corrected chi connectivity index (χ1v) is 15.7. The van der Waals surface area contributed by atoms with Gasteiger partial charge in [-0.15, -0.1) is 0 Å². The van der Waals surface area contributed by atoms with E-state index < -0.39 is 0 Å². The number of hydrogen-bond donors (Lipinski definition) is 0. The van der Waals surface area contributed by atoms with E-state index in [-0.39, 0.29) is 23.8 Å². The van der Waals surface area contributed by atoms with Gasteiger partial charge in [-0.3, -0.25) is 14.3 Å². The first-order chi connectivity index (χ1) is 21.8. The summed E-state index contributed by atoms with van der Waals surface area (Å²) in [5, 5.41) is 5.29. The number of hydrogen-bond acceptors (Lipinski definition) is 6. The Morgan fingerprint density at radius 2 is 1.62 bits per heavy atom. The van der Waals surface area contributed by atoms with Crippen LogP contribution in [-0.4, -0.2) is 50.4 Å². The minimum Gasteiger partial charge on any atom is -0.383 e. The number of halogens is 2. The molecule has 0 bridgehead atoms. The van der Waals surface area contributed by atoms with Gasteiger partial charge in [-0.05, 0) is 52.1 Å².